The number of aryl methyl sites for hydroxylation is 1. The van der Waals surface area contributed by atoms with Crippen molar-refractivity contribution < 1.29 is 9.47 Å². The highest BCUT2D eigenvalue weighted by Gasteiger charge is 2.41. The lowest BCUT2D eigenvalue weighted by molar-refractivity contribution is 0.392. The van der Waals surface area contributed by atoms with Crippen molar-refractivity contribution in [3.63, 3.8) is 0 Å². The lowest BCUT2D eigenvalue weighted by Gasteiger charge is -2.16. The van der Waals surface area contributed by atoms with Crippen molar-refractivity contribution >= 4 is 0 Å². The first-order chi connectivity index (χ1) is 7.10. The van der Waals surface area contributed by atoms with Crippen LogP contribution in [0.5, 0.6) is 11.5 Å². The van der Waals surface area contributed by atoms with Gasteiger partial charge in [-0.1, -0.05) is 0 Å². The van der Waals surface area contributed by atoms with E-state index < -0.39 is 0 Å². The minimum absolute atomic E-state index is 0.0618. The van der Waals surface area contributed by atoms with Crippen LogP contribution in [-0.4, -0.2) is 20.8 Å². The summed E-state index contributed by atoms with van der Waals surface area (Å²) in [5.74, 6) is 1.85. The Morgan fingerprint density at radius 2 is 1.80 bits per heavy atom. The van der Waals surface area contributed by atoms with E-state index in [1.165, 1.54) is 5.56 Å². The Morgan fingerprint density at radius 3 is 2.27 bits per heavy atom. The highest BCUT2D eigenvalue weighted by Crippen LogP contribution is 2.39. The van der Waals surface area contributed by atoms with Gasteiger partial charge in [-0.15, -0.1) is 0 Å². The van der Waals surface area contributed by atoms with Crippen molar-refractivity contribution in [1.29, 1.82) is 0 Å². The molecular formula is C12H17NO2. The zero-order valence-electron chi connectivity index (χ0n) is 9.68. The number of nitrogens with one attached hydrogen (secondary N) is 1. The van der Waals surface area contributed by atoms with E-state index in [-0.39, 0.29) is 5.54 Å². The van der Waals surface area contributed by atoms with Gasteiger partial charge in [0.15, 0.2) is 0 Å². The number of ether oxygens (including phenoxy) is 2. The monoisotopic (exact) mass is 207 g/mol. The molecule has 1 aliphatic rings. The van der Waals surface area contributed by atoms with Crippen molar-refractivity contribution in [2.45, 2.75) is 19.4 Å². The van der Waals surface area contributed by atoms with Crippen molar-refractivity contribution in [3.8, 4) is 11.5 Å². The predicted molar refractivity (Wildman–Crippen MR) is 59.6 cm³/mol. The van der Waals surface area contributed by atoms with Gasteiger partial charge in [0.25, 0.3) is 0 Å². The number of hydrogen-bond donors (Lipinski definition) is 1. The fourth-order valence-corrected chi connectivity index (χ4v) is 1.80. The van der Waals surface area contributed by atoms with Gasteiger partial charge in [-0.2, -0.15) is 0 Å². The molecule has 2 rings (SSSR count). The molecule has 1 fully saturated rings. The Morgan fingerprint density at radius 1 is 1.20 bits per heavy atom. The maximum absolute atomic E-state index is 5.40. The first-order valence-corrected chi connectivity index (χ1v) is 5.09. The lowest BCUT2D eigenvalue weighted by Crippen LogP contribution is -2.09. The van der Waals surface area contributed by atoms with Gasteiger partial charge in [0.05, 0.1) is 19.8 Å². The third-order valence-electron chi connectivity index (χ3n) is 3.02. The van der Waals surface area contributed by atoms with Crippen LogP contribution < -0.4 is 14.8 Å². The van der Waals surface area contributed by atoms with E-state index in [9.17, 15) is 0 Å². The molecule has 0 amide bonds. The van der Waals surface area contributed by atoms with Crippen LogP contribution in [0.2, 0.25) is 0 Å². The summed E-state index contributed by atoms with van der Waals surface area (Å²) in [4.78, 5) is 0. The Hall–Kier alpha value is -1.22. The van der Waals surface area contributed by atoms with Gasteiger partial charge in [0.2, 0.25) is 0 Å². The quantitative estimate of drug-likeness (QED) is 0.769. The SMILES string of the molecule is COc1cc(C2(C)CN2)c(OC)cc1C. The number of hydrogen-bond acceptors (Lipinski definition) is 3. The molecule has 0 radical (unpaired) electrons. The summed E-state index contributed by atoms with van der Waals surface area (Å²) in [5, 5.41) is 3.34. The molecule has 0 bridgehead atoms. The molecule has 1 atom stereocenters. The first-order valence-electron chi connectivity index (χ1n) is 5.09. The average molecular weight is 207 g/mol. The van der Waals surface area contributed by atoms with E-state index in [1.54, 1.807) is 14.2 Å². The van der Waals surface area contributed by atoms with Crippen molar-refractivity contribution in [1.82, 2.24) is 5.32 Å². The largest absolute Gasteiger partial charge is 0.496 e. The molecule has 0 saturated carbocycles. The summed E-state index contributed by atoms with van der Waals surface area (Å²) >= 11 is 0. The smallest absolute Gasteiger partial charge is 0.124 e. The van der Waals surface area contributed by atoms with E-state index in [4.69, 9.17) is 9.47 Å². The van der Waals surface area contributed by atoms with E-state index in [0.717, 1.165) is 23.6 Å². The Balaban J connectivity index is 2.51. The van der Waals surface area contributed by atoms with Gasteiger partial charge in [-0.3, -0.25) is 0 Å². The minimum atomic E-state index is 0.0618. The van der Waals surface area contributed by atoms with Gasteiger partial charge in [0.1, 0.15) is 11.5 Å². The maximum atomic E-state index is 5.40. The summed E-state index contributed by atoms with van der Waals surface area (Å²) < 4.78 is 10.7. The first kappa shape index (κ1) is 10.3. The van der Waals surface area contributed by atoms with Crippen LogP contribution in [0.3, 0.4) is 0 Å². The maximum Gasteiger partial charge on any atom is 0.124 e. The van der Waals surface area contributed by atoms with Crippen LogP contribution in [0.1, 0.15) is 18.1 Å². The van der Waals surface area contributed by atoms with Crippen molar-refractivity contribution in [3.05, 3.63) is 23.3 Å². The molecular weight excluding hydrogens is 190 g/mol. The molecule has 0 aromatic heterocycles. The van der Waals surface area contributed by atoms with Crippen molar-refractivity contribution in [2.24, 2.45) is 0 Å². The van der Waals surface area contributed by atoms with Crippen LogP contribution in [0.4, 0.5) is 0 Å². The standard InChI is InChI=1S/C12H17NO2/c1-8-5-11(15-4)9(6-10(8)14-3)12(2)7-13-12/h5-6,13H,7H2,1-4H3. The van der Waals surface area contributed by atoms with Gasteiger partial charge >= 0.3 is 0 Å². The molecule has 15 heavy (non-hydrogen) atoms. The number of methoxy groups -OCH3 is 2. The topological polar surface area (TPSA) is 40.4 Å². The predicted octanol–water partition coefficient (Wildman–Crippen LogP) is 1.83. The minimum Gasteiger partial charge on any atom is -0.496 e. The molecule has 0 aliphatic carbocycles. The van der Waals surface area contributed by atoms with Crippen LogP contribution in [0, 0.1) is 6.92 Å². The van der Waals surface area contributed by atoms with Gasteiger partial charge in [-0.05, 0) is 31.5 Å². The van der Waals surface area contributed by atoms with E-state index in [0.29, 0.717) is 0 Å². The second kappa shape index (κ2) is 3.42. The van der Waals surface area contributed by atoms with Crippen LogP contribution in [0.25, 0.3) is 0 Å². The summed E-state index contributed by atoms with van der Waals surface area (Å²) in [6, 6.07) is 4.09. The van der Waals surface area contributed by atoms with Gasteiger partial charge in [0, 0.05) is 12.1 Å². The molecule has 1 unspecified atom stereocenters. The highest BCUT2D eigenvalue weighted by molar-refractivity contribution is 5.50. The van der Waals surface area contributed by atoms with Crippen LogP contribution >= 0.6 is 0 Å². The molecule has 1 aromatic rings. The molecule has 1 N–H and O–H groups in total. The molecule has 1 aliphatic heterocycles. The fraction of sp³-hybridized carbons (Fsp3) is 0.500. The molecule has 3 nitrogen and oxygen atoms in total. The average Bonchev–Trinajstić information content (AvgIpc) is 2.97. The second-order valence-corrected chi connectivity index (χ2v) is 4.21. The second-order valence-electron chi connectivity index (χ2n) is 4.21. The molecule has 1 saturated heterocycles. The molecule has 1 aromatic carbocycles. The summed E-state index contributed by atoms with van der Waals surface area (Å²) in [7, 11) is 3.40. The Kier molecular flexibility index (Phi) is 2.35. The van der Waals surface area contributed by atoms with Gasteiger partial charge in [-0.25, -0.2) is 0 Å². The lowest BCUT2D eigenvalue weighted by atomic mass is 9.98. The Bertz CT molecular complexity index is 383. The highest BCUT2D eigenvalue weighted by atomic mass is 16.5. The van der Waals surface area contributed by atoms with Crippen molar-refractivity contribution in [2.75, 3.05) is 20.8 Å². The summed E-state index contributed by atoms with van der Waals surface area (Å²) in [6.45, 7) is 5.18. The normalized spacial score (nSPS) is 23.7. The zero-order valence-corrected chi connectivity index (χ0v) is 9.68. The van der Waals surface area contributed by atoms with Gasteiger partial charge < -0.3 is 14.8 Å². The number of benzene rings is 1. The molecule has 3 heteroatoms. The van der Waals surface area contributed by atoms with Crippen LogP contribution in [-0.2, 0) is 5.54 Å². The zero-order chi connectivity index (χ0) is 11.1. The Labute approximate surface area is 90.4 Å². The third kappa shape index (κ3) is 1.67. The fourth-order valence-electron chi connectivity index (χ4n) is 1.80. The molecule has 1 heterocycles. The number of rotatable bonds is 3. The summed E-state index contributed by atoms with van der Waals surface area (Å²) in [5.41, 5.74) is 2.33. The molecule has 0 spiro atoms. The molecule has 82 valence electrons. The van der Waals surface area contributed by atoms with E-state index in [2.05, 4.69) is 18.3 Å². The third-order valence-corrected chi connectivity index (χ3v) is 3.02. The van der Waals surface area contributed by atoms with Crippen LogP contribution in [0.15, 0.2) is 12.1 Å². The summed E-state index contributed by atoms with van der Waals surface area (Å²) in [6.07, 6.45) is 0. The van der Waals surface area contributed by atoms with E-state index >= 15 is 0 Å². The van der Waals surface area contributed by atoms with E-state index in [1.807, 2.05) is 13.0 Å².